The fourth-order valence-corrected chi connectivity index (χ4v) is 5.49. The van der Waals surface area contributed by atoms with Crippen molar-refractivity contribution in [3.63, 3.8) is 0 Å². The minimum atomic E-state index is -0.0740. The number of amides is 1. The Kier molecular flexibility index (Phi) is 11.4. The molecule has 2 aromatic heterocycles. The summed E-state index contributed by atoms with van der Waals surface area (Å²) in [6.45, 7) is 2.70. The molecule has 3 aromatic carbocycles. The molecule has 0 aliphatic heterocycles. The number of aromatic nitrogens is 2. The van der Waals surface area contributed by atoms with Crippen LogP contribution in [-0.2, 0) is 19.7 Å². The molecule has 1 amide bonds. The Bertz CT molecular complexity index is 1710. The molecule has 0 saturated carbocycles. The minimum absolute atomic E-state index is 0.0740. The maximum Gasteiger partial charge on any atom is 0.254 e. The highest BCUT2D eigenvalue weighted by Gasteiger charge is 2.18. The highest BCUT2D eigenvalue weighted by Crippen LogP contribution is 2.26. The van der Waals surface area contributed by atoms with E-state index in [1.54, 1.807) is 4.90 Å². The maximum atomic E-state index is 13.6. The van der Waals surface area contributed by atoms with Crippen molar-refractivity contribution < 1.29 is 9.53 Å². The van der Waals surface area contributed by atoms with Gasteiger partial charge in [0.05, 0.1) is 29.1 Å². The van der Waals surface area contributed by atoms with Gasteiger partial charge >= 0.3 is 0 Å². The summed E-state index contributed by atoms with van der Waals surface area (Å²) in [5.74, 6) is 1.91. The van der Waals surface area contributed by atoms with E-state index in [-0.39, 0.29) is 5.91 Å². The highest BCUT2D eigenvalue weighted by molar-refractivity contribution is 7.80. The first-order chi connectivity index (χ1) is 21.9. The molecule has 0 aliphatic rings. The predicted octanol–water partition coefficient (Wildman–Crippen LogP) is 6.53. The van der Waals surface area contributed by atoms with Crippen molar-refractivity contribution in [2.75, 3.05) is 43.6 Å². The summed E-state index contributed by atoms with van der Waals surface area (Å²) in [4.78, 5) is 27.2. The van der Waals surface area contributed by atoms with Crippen LogP contribution in [0.25, 0.3) is 22.2 Å². The number of hydrogen-bond donors (Lipinski definition) is 3. The van der Waals surface area contributed by atoms with Gasteiger partial charge in [0.1, 0.15) is 12.4 Å². The fraction of sp³-hybridized carbons (Fsp3) is 0.250. The van der Waals surface area contributed by atoms with Crippen LogP contribution in [-0.4, -0.2) is 59.5 Å². The lowest BCUT2D eigenvalue weighted by Crippen LogP contribution is -2.33. The van der Waals surface area contributed by atoms with Crippen molar-refractivity contribution >= 4 is 47.8 Å². The zero-order chi connectivity index (χ0) is 31.6. The summed E-state index contributed by atoms with van der Waals surface area (Å²) >= 11 is 8.71. The number of rotatable bonds is 14. The molecule has 5 rings (SSSR count). The van der Waals surface area contributed by atoms with Gasteiger partial charge in [-0.25, -0.2) is 4.98 Å². The lowest BCUT2D eigenvalue weighted by atomic mass is 10.0. The van der Waals surface area contributed by atoms with Gasteiger partial charge in [0.25, 0.3) is 5.91 Å². The minimum Gasteiger partial charge on any atom is -0.489 e. The molecule has 5 aromatic rings. The molecule has 2 heterocycles. The third kappa shape index (κ3) is 8.57. The summed E-state index contributed by atoms with van der Waals surface area (Å²) < 4.78 is 6.23. The van der Waals surface area contributed by atoms with Gasteiger partial charge in [-0.1, -0.05) is 48.5 Å². The van der Waals surface area contributed by atoms with Crippen molar-refractivity contribution in [2.45, 2.75) is 19.7 Å². The standard InChI is InChI=1S/C36H39N5O2S2/c1-40(2)31-21-29(23-37-16-18-44)38-30(22-31)24-41(17-19-45)36(42)27-12-14-32(15-13-27)43-25-28-20-35(26-8-4-3-5-9-26)39-34-11-7-6-10-33(28)34/h3-15,20-22,37,44-45H,16-19,23-25H2,1-2H3. The van der Waals surface area contributed by atoms with Crippen LogP contribution in [0.2, 0.25) is 0 Å². The second kappa shape index (κ2) is 15.8. The molecule has 0 bridgehead atoms. The van der Waals surface area contributed by atoms with Gasteiger partial charge in [-0.3, -0.25) is 9.78 Å². The molecule has 232 valence electrons. The van der Waals surface area contributed by atoms with Crippen LogP contribution in [0, 0.1) is 0 Å². The summed E-state index contributed by atoms with van der Waals surface area (Å²) in [5, 5.41) is 4.41. The molecule has 7 nitrogen and oxygen atoms in total. The average molecular weight is 638 g/mol. The number of thiol groups is 2. The third-order valence-electron chi connectivity index (χ3n) is 7.40. The van der Waals surface area contributed by atoms with Gasteiger partial charge in [0.2, 0.25) is 0 Å². The molecule has 0 atom stereocenters. The zero-order valence-corrected chi connectivity index (χ0v) is 27.5. The van der Waals surface area contributed by atoms with Gasteiger partial charge in [0, 0.05) is 73.0 Å². The summed E-state index contributed by atoms with van der Waals surface area (Å²) in [6.07, 6.45) is 0. The van der Waals surface area contributed by atoms with E-state index in [9.17, 15) is 4.79 Å². The van der Waals surface area contributed by atoms with E-state index in [1.165, 1.54) is 0 Å². The number of pyridine rings is 2. The Morgan fingerprint density at radius 1 is 0.844 bits per heavy atom. The largest absolute Gasteiger partial charge is 0.489 e. The highest BCUT2D eigenvalue weighted by atomic mass is 32.1. The number of anilines is 1. The Labute approximate surface area is 276 Å². The molecule has 0 saturated heterocycles. The first-order valence-electron chi connectivity index (χ1n) is 15.0. The Balaban J connectivity index is 1.30. The molecule has 9 heteroatoms. The predicted molar refractivity (Wildman–Crippen MR) is 191 cm³/mol. The number of hydrogen-bond acceptors (Lipinski definition) is 8. The molecule has 0 fully saturated rings. The number of ether oxygens (including phenoxy) is 1. The normalized spacial score (nSPS) is 11.0. The van der Waals surface area contributed by atoms with Gasteiger partial charge in [-0.05, 0) is 48.5 Å². The van der Waals surface area contributed by atoms with E-state index < -0.39 is 0 Å². The van der Waals surface area contributed by atoms with E-state index in [2.05, 4.69) is 60.9 Å². The van der Waals surface area contributed by atoms with Crippen LogP contribution in [0.3, 0.4) is 0 Å². The van der Waals surface area contributed by atoms with Crippen LogP contribution in [0.4, 0.5) is 5.69 Å². The molecule has 0 unspecified atom stereocenters. The first-order valence-corrected chi connectivity index (χ1v) is 16.3. The van der Waals surface area contributed by atoms with Crippen molar-refractivity contribution in [3.05, 3.63) is 120 Å². The van der Waals surface area contributed by atoms with E-state index in [4.69, 9.17) is 14.7 Å². The lowest BCUT2D eigenvalue weighted by molar-refractivity contribution is 0.0752. The van der Waals surface area contributed by atoms with Crippen LogP contribution in [0.5, 0.6) is 5.75 Å². The summed E-state index contributed by atoms with van der Waals surface area (Å²) in [7, 11) is 4.01. The van der Waals surface area contributed by atoms with Gasteiger partial charge in [-0.15, -0.1) is 0 Å². The molecule has 1 N–H and O–H groups in total. The Morgan fingerprint density at radius 2 is 1.58 bits per heavy atom. The number of para-hydroxylation sites is 1. The SMILES string of the molecule is CN(C)c1cc(CNCCS)nc(CN(CCS)C(=O)c2ccc(OCc3cc(-c4ccccc4)nc4ccccc34)cc2)c1. The second-order valence-electron chi connectivity index (χ2n) is 10.9. The zero-order valence-electron chi connectivity index (χ0n) is 25.7. The topological polar surface area (TPSA) is 70.6 Å². The molecule has 45 heavy (non-hydrogen) atoms. The van der Waals surface area contributed by atoms with Crippen LogP contribution >= 0.6 is 25.3 Å². The molecule has 0 aliphatic carbocycles. The van der Waals surface area contributed by atoms with Gasteiger partial charge in [0.15, 0.2) is 0 Å². The number of nitrogens with zero attached hydrogens (tertiary/aromatic N) is 4. The van der Waals surface area contributed by atoms with Crippen molar-refractivity contribution in [3.8, 4) is 17.0 Å². The number of carbonyl (C=O) groups excluding carboxylic acids is 1. The van der Waals surface area contributed by atoms with Crippen LogP contribution < -0.4 is 15.0 Å². The Morgan fingerprint density at radius 3 is 2.31 bits per heavy atom. The lowest BCUT2D eigenvalue weighted by Gasteiger charge is -2.23. The van der Waals surface area contributed by atoms with Crippen LogP contribution in [0.15, 0.2) is 97.1 Å². The second-order valence-corrected chi connectivity index (χ2v) is 11.8. The van der Waals surface area contributed by atoms with Crippen molar-refractivity contribution in [1.29, 1.82) is 0 Å². The molecular weight excluding hydrogens is 599 g/mol. The van der Waals surface area contributed by atoms with Crippen molar-refractivity contribution in [2.24, 2.45) is 0 Å². The van der Waals surface area contributed by atoms with E-state index in [0.717, 1.165) is 57.1 Å². The van der Waals surface area contributed by atoms with E-state index in [0.29, 0.717) is 43.3 Å². The fourth-order valence-electron chi connectivity index (χ4n) is 5.09. The number of nitrogens with one attached hydrogen (secondary N) is 1. The maximum absolute atomic E-state index is 13.6. The number of fused-ring (bicyclic) bond motifs is 1. The number of benzene rings is 3. The number of carbonyl (C=O) groups is 1. The van der Waals surface area contributed by atoms with Gasteiger partial charge in [-0.2, -0.15) is 25.3 Å². The van der Waals surface area contributed by atoms with Crippen molar-refractivity contribution in [1.82, 2.24) is 20.2 Å². The van der Waals surface area contributed by atoms with Crippen LogP contribution in [0.1, 0.15) is 27.3 Å². The first kappa shape index (κ1) is 32.3. The Hall–Kier alpha value is -4.05. The third-order valence-corrected chi connectivity index (χ3v) is 7.83. The summed E-state index contributed by atoms with van der Waals surface area (Å²) in [6, 6.07) is 31.8. The quantitative estimate of drug-likeness (QED) is 0.0950. The monoisotopic (exact) mass is 637 g/mol. The van der Waals surface area contributed by atoms with E-state index >= 15 is 0 Å². The summed E-state index contributed by atoms with van der Waals surface area (Å²) in [5.41, 5.74) is 7.33. The smallest absolute Gasteiger partial charge is 0.254 e. The average Bonchev–Trinajstić information content (AvgIpc) is 3.07. The van der Waals surface area contributed by atoms with E-state index in [1.807, 2.05) is 85.7 Å². The molecule has 0 spiro atoms. The molecule has 0 radical (unpaired) electrons. The molecular formula is C36H39N5O2S2. The van der Waals surface area contributed by atoms with Gasteiger partial charge < -0.3 is 19.9 Å².